The number of piperazine rings is 1. The summed E-state index contributed by atoms with van der Waals surface area (Å²) in [5.41, 5.74) is 1.20. The lowest BCUT2D eigenvalue weighted by Gasteiger charge is -2.40. The molecule has 0 radical (unpaired) electrons. The van der Waals surface area contributed by atoms with Crippen molar-refractivity contribution in [3.05, 3.63) is 46.5 Å². The first-order valence-corrected chi connectivity index (χ1v) is 17.4. The molecule has 1 aromatic carbocycles. The van der Waals surface area contributed by atoms with Gasteiger partial charge in [0, 0.05) is 55.3 Å². The van der Waals surface area contributed by atoms with Crippen LogP contribution in [0.2, 0.25) is 0 Å². The fourth-order valence-corrected chi connectivity index (χ4v) is 9.56. The number of carbonyl (C=O) groups is 1. The lowest BCUT2D eigenvalue weighted by Crippen LogP contribution is -2.52. The van der Waals surface area contributed by atoms with Gasteiger partial charge in [0.15, 0.2) is 9.84 Å². The predicted molar refractivity (Wildman–Crippen MR) is 162 cm³/mol. The normalized spacial score (nSPS) is 23.5. The molecule has 3 fully saturated rings. The lowest BCUT2D eigenvalue weighted by atomic mass is 10.1. The van der Waals surface area contributed by atoms with Crippen molar-refractivity contribution in [3.8, 4) is 10.6 Å². The number of amides is 1. The summed E-state index contributed by atoms with van der Waals surface area (Å²) in [5, 5.41) is 3.10. The number of fused-ring (bicyclic) bond motifs is 3. The van der Waals surface area contributed by atoms with Crippen molar-refractivity contribution in [1.29, 1.82) is 0 Å². The molecule has 1 amide bonds. The van der Waals surface area contributed by atoms with Gasteiger partial charge >= 0.3 is 6.18 Å². The fraction of sp³-hybridized carbons (Fsp3) is 0.500. The highest BCUT2D eigenvalue weighted by Crippen LogP contribution is 2.43. The Morgan fingerprint density at radius 3 is 2.43 bits per heavy atom. The molecule has 0 spiro atoms. The van der Waals surface area contributed by atoms with Gasteiger partial charge in [-0.3, -0.25) is 9.69 Å². The van der Waals surface area contributed by atoms with E-state index >= 15 is 0 Å². The van der Waals surface area contributed by atoms with Gasteiger partial charge in [0.25, 0.3) is 5.91 Å². The molecule has 1 saturated carbocycles. The molecule has 44 heavy (non-hydrogen) atoms. The van der Waals surface area contributed by atoms with Gasteiger partial charge in [-0.05, 0) is 69.0 Å². The van der Waals surface area contributed by atoms with Crippen LogP contribution in [0.15, 0.2) is 35.4 Å². The minimum atomic E-state index is -4.80. The van der Waals surface area contributed by atoms with E-state index in [-0.39, 0.29) is 38.9 Å². The molecule has 5 heterocycles. The first-order chi connectivity index (χ1) is 20.9. The number of benzene rings is 1. The quantitative estimate of drug-likeness (QED) is 0.390. The Morgan fingerprint density at radius 1 is 1.07 bits per heavy atom. The molecule has 2 saturated heterocycles. The monoisotopic (exact) mass is 646 g/mol. The van der Waals surface area contributed by atoms with Crippen LogP contribution in [-0.4, -0.2) is 84.7 Å². The number of aryl methyl sites for hydroxylation is 1. The number of thiophene rings is 1. The van der Waals surface area contributed by atoms with Crippen LogP contribution in [0.4, 0.5) is 30.5 Å². The van der Waals surface area contributed by atoms with Crippen LogP contribution in [0.5, 0.6) is 0 Å². The van der Waals surface area contributed by atoms with Crippen LogP contribution in [0.25, 0.3) is 10.6 Å². The highest BCUT2D eigenvalue weighted by Gasteiger charge is 2.42. The van der Waals surface area contributed by atoms with E-state index in [0.717, 1.165) is 48.5 Å². The number of aromatic nitrogens is 2. The first kappa shape index (κ1) is 29.5. The summed E-state index contributed by atoms with van der Waals surface area (Å²) in [7, 11) is -1.68. The maximum Gasteiger partial charge on any atom is 0.420 e. The average molecular weight is 647 g/mol. The van der Waals surface area contributed by atoms with Crippen molar-refractivity contribution < 1.29 is 26.4 Å². The number of alkyl halides is 3. The molecule has 2 aromatic heterocycles. The van der Waals surface area contributed by atoms with Gasteiger partial charge in [0.2, 0.25) is 5.95 Å². The van der Waals surface area contributed by atoms with E-state index in [1.165, 1.54) is 23.8 Å². The van der Waals surface area contributed by atoms with E-state index in [1.807, 2.05) is 19.1 Å². The molecule has 9 nitrogen and oxygen atoms in total. The molecule has 14 heteroatoms. The molecule has 1 N–H and O–H groups in total. The second-order valence-electron chi connectivity index (χ2n) is 12.1. The van der Waals surface area contributed by atoms with Gasteiger partial charge in [-0.1, -0.05) is 6.92 Å². The molecule has 4 aliphatic rings. The number of nitrogens with zero attached hydrogens (tertiary/aromatic N) is 5. The van der Waals surface area contributed by atoms with Crippen LogP contribution < -0.4 is 10.2 Å². The van der Waals surface area contributed by atoms with Gasteiger partial charge in [0.1, 0.15) is 10.4 Å². The smallest absolute Gasteiger partial charge is 0.368 e. The average Bonchev–Trinajstić information content (AvgIpc) is 3.69. The van der Waals surface area contributed by atoms with Crippen LogP contribution in [0.3, 0.4) is 0 Å². The number of halogens is 3. The third-order valence-electron chi connectivity index (χ3n) is 9.33. The molecular weight excluding hydrogens is 613 g/mol. The van der Waals surface area contributed by atoms with E-state index in [4.69, 9.17) is 0 Å². The van der Waals surface area contributed by atoms with Crippen molar-refractivity contribution in [3.63, 3.8) is 0 Å². The van der Waals surface area contributed by atoms with E-state index in [2.05, 4.69) is 38.2 Å². The van der Waals surface area contributed by atoms with E-state index in [1.54, 1.807) is 0 Å². The number of sulfone groups is 1. The Morgan fingerprint density at radius 2 is 1.77 bits per heavy atom. The van der Waals surface area contributed by atoms with E-state index in [0.29, 0.717) is 30.4 Å². The number of anilines is 3. The van der Waals surface area contributed by atoms with Crippen LogP contribution in [-0.2, 0) is 22.4 Å². The number of rotatable bonds is 6. The van der Waals surface area contributed by atoms with Gasteiger partial charge in [-0.2, -0.15) is 13.2 Å². The third kappa shape index (κ3) is 5.24. The molecule has 2 atom stereocenters. The number of hydrogen-bond acceptors (Lipinski definition) is 9. The summed E-state index contributed by atoms with van der Waals surface area (Å²) < 4.78 is 68.7. The summed E-state index contributed by atoms with van der Waals surface area (Å²) in [4.78, 5) is 27.6. The minimum Gasteiger partial charge on any atom is -0.368 e. The first-order valence-electron chi connectivity index (χ1n) is 14.9. The van der Waals surface area contributed by atoms with Gasteiger partial charge in [-0.15, -0.1) is 11.3 Å². The van der Waals surface area contributed by atoms with E-state index in [9.17, 15) is 26.4 Å². The molecule has 7 rings (SSSR count). The SMILES string of the molecule is CCc1cc(N2CC3CCC(C2)N3C)ccc1Nc1ncc(C(F)(F)F)c(-c2cc3c(s2)C(=O)N(C2CC2)CCS3(=O)=O)n1. The van der Waals surface area contributed by atoms with Crippen molar-refractivity contribution >= 4 is 44.4 Å². The number of nitrogens with one attached hydrogen (secondary N) is 1. The van der Waals surface area contributed by atoms with Gasteiger partial charge < -0.3 is 15.1 Å². The Labute approximate surface area is 258 Å². The number of likely N-dealkylation sites (N-methyl/N-ethyl adjacent to an activating group) is 1. The topological polar surface area (TPSA) is 98.7 Å². The summed E-state index contributed by atoms with van der Waals surface area (Å²) in [6.07, 6.45) is 0.554. The Balaban J connectivity index is 1.22. The molecular formula is C30H33F3N6O3S2. The van der Waals surface area contributed by atoms with Gasteiger partial charge in [-0.25, -0.2) is 18.4 Å². The largest absolute Gasteiger partial charge is 0.420 e. The molecule has 2 bridgehead atoms. The Kier molecular flexibility index (Phi) is 7.16. The summed E-state index contributed by atoms with van der Waals surface area (Å²) in [5.74, 6) is -0.779. The standard InChI is InChI=1S/C30H33F3N6O3S2/c1-3-17-12-19(38-15-20-6-7-21(16-38)37(20)2)8-9-23(17)35-29-34-14-22(30(31,32)33)26(36-29)24-13-25-27(43-24)28(40)39(18-4-5-18)10-11-44(25,41)42/h8-9,12-14,18,20-21H,3-7,10-11,15-16H2,1-2H3,(H,34,35,36). The third-order valence-corrected chi connectivity index (χ3v) is 12.3. The lowest BCUT2D eigenvalue weighted by molar-refractivity contribution is -0.137. The molecule has 234 valence electrons. The second-order valence-corrected chi connectivity index (χ2v) is 15.2. The molecule has 3 aromatic rings. The van der Waals surface area contributed by atoms with Crippen molar-refractivity contribution in [1.82, 2.24) is 19.8 Å². The zero-order valence-corrected chi connectivity index (χ0v) is 26.0. The predicted octanol–water partition coefficient (Wildman–Crippen LogP) is 5.20. The summed E-state index contributed by atoms with van der Waals surface area (Å²) in [6.45, 7) is 4.00. The number of hydrogen-bond donors (Lipinski definition) is 1. The maximum absolute atomic E-state index is 14.2. The van der Waals surface area contributed by atoms with Gasteiger partial charge in [0.05, 0.1) is 21.2 Å². The molecule has 2 unspecified atom stereocenters. The maximum atomic E-state index is 14.2. The van der Waals surface area contributed by atoms with Crippen molar-refractivity contribution in [2.75, 3.05) is 42.7 Å². The van der Waals surface area contributed by atoms with Crippen molar-refractivity contribution in [2.45, 2.75) is 68.2 Å². The molecule has 1 aliphatic carbocycles. The fourth-order valence-electron chi connectivity index (χ4n) is 6.64. The number of carbonyl (C=O) groups excluding carboxylic acids is 1. The second kappa shape index (κ2) is 10.7. The zero-order chi connectivity index (χ0) is 31.0. The zero-order valence-electron chi connectivity index (χ0n) is 24.4. The Bertz CT molecular complexity index is 1730. The minimum absolute atomic E-state index is 0.0275. The van der Waals surface area contributed by atoms with Crippen molar-refractivity contribution in [2.24, 2.45) is 0 Å². The van der Waals surface area contributed by atoms with Crippen LogP contribution in [0.1, 0.15) is 53.4 Å². The Hall–Kier alpha value is -3.23. The highest BCUT2D eigenvalue weighted by molar-refractivity contribution is 7.91. The van der Waals surface area contributed by atoms with E-state index < -0.39 is 33.2 Å². The summed E-state index contributed by atoms with van der Waals surface area (Å²) >= 11 is 0.740. The summed E-state index contributed by atoms with van der Waals surface area (Å²) in [6, 6.07) is 8.22. The molecule has 3 aliphatic heterocycles. The highest BCUT2D eigenvalue weighted by atomic mass is 32.2. The van der Waals surface area contributed by atoms with Crippen LogP contribution >= 0.6 is 11.3 Å². The van der Waals surface area contributed by atoms with Crippen LogP contribution in [0, 0.1) is 0 Å².